The van der Waals surface area contributed by atoms with Crippen LogP contribution in [0.5, 0.6) is 0 Å². The molecule has 0 unspecified atom stereocenters. The van der Waals surface area contributed by atoms with Crippen molar-refractivity contribution in [2.45, 2.75) is 0 Å². The quantitative estimate of drug-likeness (QED) is 0.588. The molecule has 0 bridgehead atoms. The summed E-state index contributed by atoms with van der Waals surface area (Å²) in [5.41, 5.74) is 1.99. The van der Waals surface area contributed by atoms with E-state index in [0.29, 0.717) is 11.3 Å². The second kappa shape index (κ2) is 7.32. The van der Waals surface area contributed by atoms with Gasteiger partial charge in [-0.2, -0.15) is 0 Å². The van der Waals surface area contributed by atoms with Gasteiger partial charge in [-0.3, -0.25) is 4.79 Å². The van der Waals surface area contributed by atoms with E-state index in [1.165, 1.54) is 12.1 Å². The van der Waals surface area contributed by atoms with Gasteiger partial charge in [0.1, 0.15) is 0 Å². The Morgan fingerprint density at radius 3 is 2.12 bits per heavy atom. The predicted molar refractivity (Wildman–Crippen MR) is 101 cm³/mol. The van der Waals surface area contributed by atoms with Gasteiger partial charge >= 0.3 is 5.97 Å². The maximum Gasteiger partial charge on any atom is 0.336 e. The van der Waals surface area contributed by atoms with Crippen molar-refractivity contribution in [1.29, 1.82) is 0 Å². The van der Waals surface area contributed by atoms with Crippen LogP contribution in [0.3, 0.4) is 0 Å². The lowest BCUT2D eigenvalue weighted by atomic mass is 9.97. The maximum absolute atomic E-state index is 13.0. The minimum absolute atomic E-state index is 0.0156. The van der Waals surface area contributed by atoms with Gasteiger partial charge in [-0.05, 0) is 36.4 Å². The molecule has 5 heteroatoms. The van der Waals surface area contributed by atoms with Gasteiger partial charge in [0.25, 0.3) is 0 Å². The predicted octanol–water partition coefficient (Wildman–Crippen LogP) is 5.12. The molecule has 0 aliphatic rings. The number of nitrogens with one attached hydrogen (secondary N) is 1. The fourth-order valence-electron chi connectivity index (χ4n) is 2.50. The van der Waals surface area contributed by atoms with Crippen molar-refractivity contribution in [3.63, 3.8) is 0 Å². The third-order valence-electron chi connectivity index (χ3n) is 3.68. The lowest BCUT2D eigenvalue weighted by Crippen LogP contribution is -2.11. The zero-order valence-electron chi connectivity index (χ0n) is 13.1. The molecule has 0 saturated carbocycles. The van der Waals surface area contributed by atoms with E-state index in [2.05, 4.69) is 21.2 Å². The number of anilines is 2. The molecule has 0 radical (unpaired) electrons. The van der Waals surface area contributed by atoms with E-state index in [1.807, 2.05) is 36.4 Å². The molecule has 0 aromatic heterocycles. The van der Waals surface area contributed by atoms with E-state index in [9.17, 15) is 14.7 Å². The van der Waals surface area contributed by atoms with Crippen molar-refractivity contribution in [1.82, 2.24) is 0 Å². The molecule has 0 aliphatic carbocycles. The lowest BCUT2D eigenvalue weighted by molar-refractivity contribution is 0.0693. The summed E-state index contributed by atoms with van der Waals surface area (Å²) in [6.07, 6.45) is 0. The number of hydrogen-bond donors (Lipinski definition) is 2. The molecule has 124 valence electrons. The highest BCUT2D eigenvalue weighted by atomic mass is 79.9. The van der Waals surface area contributed by atoms with E-state index in [4.69, 9.17) is 0 Å². The number of hydrogen-bond acceptors (Lipinski definition) is 3. The van der Waals surface area contributed by atoms with Gasteiger partial charge in [-0.1, -0.05) is 52.3 Å². The largest absolute Gasteiger partial charge is 0.478 e. The number of halogens is 1. The molecule has 4 nitrogen and oxygen atoms in total. The number of rotatable bonds is 5. The molecule has 3 aromatic carbocycles. The Balaban J connectivity index is 2.06. The highest BCUT2D eigenvalue weighted by Crippen LogP contribution is 2.27. The summed E-state index contributed by atoms with van der Waals surface area (Å²) in [5, 5.41) is 12.6. The number of carboxylic acid groups (broad SMARTS) is 1. The Labute approximate surface area is 153 Å². The molecule has 0 heterocycles. The summed E-state index contributed by atoms with van der Waals surface area (Å²) in [5.74, 6) is -1.48. The minimum Gasteiger partial charge on any atom is -0.478 e. The molecule has 3 rings (SSSR count). The summed E-state index contributed by atoms with van der Waals surface area (Å²) in [7, 11) is 0. The molecular weight excluding hydrogens is 382 g/mol. The summed E-state index contributed by atoms with van der Waals surface area (Å²) in [4.78, 5) is 24.4. The van der Waals surface area contributed by atoms with Gasteiger partial charge in [-0.25, -0.2) is 4.79 Å². The first kappa shape index (κ1) is 16.9. The number of carbonyl (C=O) groups excluding carboxylic acids is 1. The van der Waals surface area contributed by atoms with Crippen molar-refractivity contribution < 1.29 is 14.7 Å². The van der Waals surface area contributed by atoms with E-state index in [1.54, 1.807) is 24.3 Å². The number of aromatic carboxylic acids is 1. The second-order valence-corrected chi connectivity index (χ2v) is 6.28. The van der Waals surface area contributed by atoms with Crippen LogP contribution in [0.15, 0.2) is 77.3 Å². The zero-order valence-corrected chi connectivity index (χ0v) is 14.7. The molecule has 0 aliphatic heterocycles. The average molecular weight is 396 g/mol. The fourth-order valence-corrected chi connectivity index (χ4v) is 2.86. The van der Waals surface area contributed by atoms with E-state index < -0.39 is 5.97 Å². The van der Waals surface area contributed by atoms with E-state index >= 15 is 0 Å². The Hall–Kier alpha value is -2.92. The smallest absolute Gasteiger partial charge is 0.336 e. The van der Waals surface area contributed by atoms with Gasteiger partial charge in [0.2, 0.25) is 0 Å². The SMILES string of the molecule is O=C(O)c1ccccc1C(=O)c1cc(Br)ccc1Nc1ccccc1. The summed E-state index contributed by atoms with van der Waals surface area (Å²) < 4.78 is 0.738. The zero-order chi connectivity index (χ0) is 17.8. The first-order valence-electron chi connectivity index (χ1n) is 7.55. The highest BCUT2D eigenvalue weighted by Gasteiger charge is 2.20. The van der Waals surface area contributed by atoms with Crippen molar-refractivity contribution in [2.75, 3.05) is 5.32 Å². The molecule has 0 amide bonds. The van der Waals surface area contributed by atoms with Gasteiger partial charge in [0.15, 0.2) is 5.78 Å². The Morgan fingerprint density at radius 1 is 0.800 bits per heavy atom. The maximum atomic E-state index is 13.0. The van der Waals surface area contributed by atoms with Crippen molar-refractivity contribution in [2.24, 2.45) is 0 Å². The van der Waals surface area contributed by atoms with E-state index in [0.717, 1.165) is 10.2 Å². The Kier molecular flexibility index (Phi) is 4.95. The first-order valence-corrected chi connectivity index (χ1v) is 8.34. The average Bonchev–Trinajstić information content (AvgIpc) is 2.63. The molecule has 0 fully saturated rings. The Morgan fingerprint density at radius 2 is 1.44 bits per heavy atom. The number of carboxylic acids is 1. The van der Waals surface area contributed by atoms with Gasteiger partial charge < -0.3 is 10.4 Å². The van der Waals surface area contributed by atoms with Gasteiger partial charge in [0.05, 0.1) is 5.56 Å². The van der Waals surface area contributed by atoms with Crippen molar-refractivity contribution in [3.8, 4) is 0 Å². The van der Waals surface area contributed by atoms with Crippen LogP contribution in [-0.4, -0.2) is 16.9 Å². The fraction of sp³-hybridized carbons (Fsp3) is 0. The Bertz CT molecular complexity index is 939. The monoisotopic (exact) mass is 395 g/mol. The van der Waals surface area contributed by atoms with Crippen LogP contribution in [0, 0.1) is 0 Å². The highest BCUT2D eigenvalue weighted by molar-refractivity contribution is 9.10. The van der Waals surface area contributed by atoms with Crippen LogP contribution < -0.4 is 5.32 Å². The molecule has 0 atom stereocenters. The van der Waals surface area contributed by atoms with Crippen molar-refractivity contribution >= 4 is 39.1 Å². The summed E-state index contributed by atoms with van der Waals surface area (Å²) >= 11 is 3.37. The van der Waals surface area contributed by atoms with Crippen molar-refractivity contribution in [3.05, 3.63) is 94.0 Å². The first-order chi connectivity index (χ1) is 12.1. The van der Waals surface area contributed by atoms with Crippen LogP contribution in [0.2, 0.25) is 0 Å². The van der Waals surface area contributed by atoms with Gasteiger partial charge in [0, 0.05) is 27.0 Å². The molecular formula is C20H14BrNO3. The summed E-state index contributed by atoms with van der Waals surface area (Å²) in [6, 6.07) is 21.0. The summed E-state index contributed by atoms with van der Waals surface area (Å²) in [6.45, 7) is 0. The number of ketones is 1. The third-order valence-corrected chi connectivity index (χ3v) is 4.17. The molecule has 0 spiro atoms. The molecule has 25 heavy (non-hydrogen) atoms. The lowest BCUT2D eigenvalue weighted by Gasteiger charge is -2.13. The number of carbonyl (C=O) groups is 2. The van der Waals surface area contributed by atoms with Crippen LogP contribution in [0.4, 0.5) is 11.4 Å². The second-order valence-electron chi connectivity index (χ2n) is 5.36. The number of para-hydroxylation sites is 1. The molecule has 3 aromatic rings. The van der Waals surface area contributed by atoms with Crippen LogP contribution >= 0.6 is 15.9 Å². The van der Waals surface area contributed by atoms with Crippen LogP contribution in [0.1, 0.15) is 26.3 Å². The normalized spacial score (nSPS) is 10.3. The van der Waals surface area contributed by atoms with Crippen LogP contribution in [0.25, 0.3) is 0 Å². The number of benzene rings is 3. The molecule has 2 N–H and O–H groups in total. The minimum atomic E-state index is -1.13. The third kappa shape index (κ3) is 3.78. The van der Waals surface area contributed by atoms with Crippen LogP contribution in [-0.2, 0) is 0 Å². The van der Waals surface area contributed by atoms with E-state index in [-0.39, 0.29) is 16.9 Å². The standard InChI is InChI=1S/C20H14BrNO3/c21-13-10-11-18(22-14-6-2-1-3-7-14)17(12-13)19(23)15-8-4-5-9-16(15)20(24)25/h1-12,22H,(H,24,25). The molecule has 0 saturated heterocycles. The topological polar surface area (TPSA) is 66.4 Å². The van der Waals surface area contributed by atoms with Gasteiger partial charge in [-0.15, -0.1) is 0 Å².